The molecule has 0 aliphatic carbocycles. The summed E-state index contributed by atoms with van der Waals surface area (Å²) in [6.07, 6.45) is 1.21. The van der Waals surface area contributed by atoms with Crippen molar-refractivity contribution < 1.29 is 27.9 Å². The molecule has 3 aromatic carbocycles. The van der Waals surface area contributed by atoms with Crippen LogP contribution in [0, 0.1) is 5.82 Å². The molecule has 2 aliphatic heterocycles. The zero-order valence-corrected chi connectivity index (χ0v) is 20.4. The average molecular weight is 512 g/mol. The smallest absolute Gasteiger partial charge is 0.350 e. The molecule has 8 nitrogen and oxygen atoms in total. The van der Waals surface area contributed by atoms with Crippen LogP contribution >= 0.6 is 0 Å². The summed E-state index contributed by atoms with van der Waals surface area (Å²) in [6.45, 7) is 2.87. The Morgan fingerprint density at radius 3 is 2.26 bits per heavy atom. The Bertz CT molecular complexity index is 1670. The van der Waals surface area contributed by atoms with Gasteiger partial charge in [0, 0.05) is 25.0 Å². The molecule has 3 heterocycles. The van der Waals surface area contributed by atoms with Crippen LogP contribution in [0.4, 0.5) is 10.1 Å². The van der Waals surface area contributed by atoms with E-state index >= 15 is 0 Å². The molecule has 0 N–H and O–H groups in total. The molecule has 0 bridgehead atoms. The molecule has 4 aromatic rings. The van der Waals surface area contributed by atoms with Crippen molar-refractivity contribution in [2.75, 3.05) is 5.01 Å². The van der Waals surface area contributed by atoms with E-state index in [-0.39, 0.29) is 22.2 Å². The summed E-state index contributed by atoms with van der Waals surface area (Å²) in [4.78, 5) is 41.8. The largest absolute Gasteiger partial charge is 0.464 e. The number of hydrogen-bond acceptors (Lipinski definition) is 8. The molecule has 190 valence electrons. The van der Waals surface area contributed by atoms with E-state index in [1.165, 1.54) is 43.3 Å². The van der Waals surface area contributed by atoms with Gasteiger partial charge in [0.25, 0.3) is 11.3 Å². The van der Waals surface area contributed by atoms with Crippen molar-refractivity contribution in [2.24, 2.45) is 5.10 Å². The molecule has 1 saturated heterocycles. The zero-order chi connectivity index (χ0) is 26.7. The first-order valence-corrected chi connectivity index (χ1v) is 11.9. The van der Waals surface area contributed by atoms with Crippen LogP contribution in [0.25, 0.3) is 11.0 Å². The SMILES string of the molecule is CC1(C)OC(=O)C2(C(=O)O1)C(c1coc3ccccc3c1=O)C(c1cccc(F)c1)=NN2c1ccccc1. The minimum atomic E-state index is -2.27. The third kappa shape index (κ3) is 3.42. The summed E-state index contributed by atoms with van der Waals surface area (Å²) in [5.41, 5.74) is -1.71. The van der Waals surface area contributed by atoms with Gasteiger partial charge < -0.3 is 13.9 Å². The quantitative estimate of drug-likeness (QED) is 0.294. The van der Waals surface area contributed by atoms with Crippen LogP contribution in [-0.2, 0) is 19.1 Å². The van der Waals surface area contributed by atoms with E-state index in [0.717, 1.165) is 0 Å². The van der Waals surface area contributed by atoms with Crippen LogP contribution in [0.15, 0.2) is 99.4 Å². The van der Waals surface area contributed by atoms with Gasteiger partial charge in [-0.15, -0.1) is 0 Å². The second-order valence-corrected chi connectivity index (χ2v) is 9.54. The topological polar surface area (TPSA) is 98.4 Å². The van der Waals surface area contributed by atoms with Gasteiger partial charge in [-0.05, 0) is 36.4 Å². The molecule has 1 spiro atoms. The van der Waals surface area contributed by atoms with Crippen LogP contribution in [-0.4, -0.2) is 29.0 Å². The minimum Gasteiger partial charge on any atom is -0.464 e. The molecule has 1 aromatic heterocycles. The third-order valence-corrected chi connectivity index (χ3v) is 6.67. The number of rotatable bonds is 3. The van der Waals surface area contributed by atoms with E-state index in [4.69, 9.17) is 13.9 Å². The highest BCUT2D eigenvalue weighted by Gasteiger charge is 2.70. The first-order chi connectivity index (χ1) is 18.2. The fraction of sp³-hybridized carbons (Fsp3) is 0.172. The normalized spacial score (nSPS) is 19.8. The van der Waals surface area contributed by atoms with E-state index in [0.29, 0.717) is 11.3 Å². The first kappa shape index (κ1) is 23.6. The van der Waals surface area contributed by atoms with Gasteiger partial charge in [-0.2, -0.15) is 5.10 Å². The number of esters is 2. The van der Waals surface area contributed by atoms with Crippen molar-refractivity contribution in [1.82, 2.24) is 0 Å². The molecule has 1 unspecified atom stereocenters. The van der Waals surface area contributed by atoms with Gasteiger partial charge >= 0.3 is 11.9 Å². The van der Waals surface area contributed by atoms with Crippen LogP contribution < -0.4 is 10.4 Å². The van der Waals surface area contributed by atoms with E-state index in [9.17, 15) is 18.8 Å². The van der Waals surface area contributed by atoms with E-state index in [1.807, 2.05) is 0 Å². The molecule has 1 fully saturated rings. The molecule has 1 atom stereocenters. The molecule has 2 aliphatic rings. The summed E-state index contributed by atoms with van der Waals surface area (Å²) >= 11 is 0. The Balaban J connectivity index is 1.70. The van der Waals surface area contributed by atoms with Crippen LogP contribution in [0.3, 0.4) is 0 Å². The highest BCUT2D eigenvalue weighted by Crippen LogP contribution is 2.48. The molecular weight excluding hydrogens is 491 g/mol. The third-order valence-electron chi connectivity index (χ3n) is 6.67. The van der Waals surface area contributed by atoms with Gasteiger partial charge in [0.05, 0.1) is 29.0 Å². The summed E-state index contributed by atoms with van der Waals surface area (Å²) in [7, 11) is 0. The lowest BCUT2D eigenvalue weighted by Crippen LogP contribution is -2.67. The summed E-state index contributed by atoms with van der Waals surface area (Å²) in [6, 6.07) is 20.6. The van der Waals surface area contributed by atoms with Crippen molar-refractivity contribution in [2.45, 2.75) is 31.1 Å². The number of para-hydroxylation sites is 2. The molecule has 0 saturated carbocycles. The fourth-order valence-electron chi connectivity index (χ4n) is 5.05. The summed E-state index contributed by atoms with van der Waals surface area (Å²) in [5.74, 6) is -5.40. The number of carbonyl (C=O) groups excluding carboxylic acids is 2. The Hall–Kier alpha value is -4.79. The lowest BCUT2D eigenvalue weighted by Gasteiger charge is -2.44. The van der Waals surface area contributed by atoms with E-state index in [2.05, 4.69) is 5.10 Å². The maximum atomic E-state index is 14.4. The number of anilines is 1. The van der Waals surface area contributed by atoms with E-state index < -0.39 is 40.4 Å². The monoisotopic (exact) mass is 512 g/mol. The molecular formula is C29H21FN2O6. The van der Waals surface area contributed by atoms with Crippen LogP contribution in [0.5, 0.6) is 0 Å². The van der Waals surface area contributed by atoms with Crippen LogP contribution in [0.1, 0.15) is 30.9 Å². The van der Waals surface area contributed by atoms with Crippen molar-refractivity contribution in [1.29, 1.82) is 0 Å². The number of hydrazone groups is 1. The van der Waals surface area contributed by atoms with Crippen molar-refractivity contribution in [3.8, 4) is 0 Å². The standard InChI is InChI=1S/C29H21FN2O6/c1-28(2)37-26(34)29(27(35)38-28)23(21-16-36-22-14-7-6-13-20(22)25(21)33)24(17-9-8-10-18(30)15-17)31-32(29)19-11-4-3-5-12-19/h3-16,23H,1-2H3. The number of nitrogens with zero attached hydrogens (tertiary/aromatic N) is 2. The number of cyclic esters (lactones) is 2. The lowest BCUT2D eigenvalue weighted by molar-refractivity contribution is -0.242. The Morgan fingerprint density at radius 2 is 1.55 bits per heavy atom. The van der Waals surface area contributed by atoms with Crippen LogP contribution in [0.2, 0.25) is 0 Å². The highest BCUT2D eigenvalue weighted by molar-refractivity contribution is 6.22. The van der Waals surface area contributed by atoms with Crippen molar-refractivity contribution in [3.05, 3.63) is 112 Å². The van der Waals surface area contributed by atoms with Gasteiger partial charge in [-0.1, -0.05) is 42.5 Å². The number of ether oxygens (including phenoxy) is 2. The van der Waals surface area contributed by atoms with Crippen molar-refractivity contribution in [3.63, 3.8) is 0 Å². The second kappa shape index (κ2) is 8.37. The number of benzene rings is 3. The Morgan fingerprint density at radius 1 is 0.868 bits per heavy atom. The number of halogens is 1. The number of carbonyl (C=O) groups is 2. The highest BCUT2D eigenvalue weighted by atomic mass is 19.1. The molecule has 0 radical (unpaired) electrons. The van der Waals surface area contributed by atoms with E-state index in [1.54, 1.807) is 60.7 Å². The number of fused-ring (bicyclic) bond motifs is 1. The molecule has 0 amide bonds. The predicted octanol–water partition coefficient (Wildman–Crippen LogP) is 4.52. The van der Waals surface area contributed by atoms with Gasteiger partial charge in [-0.3, -0.25) is 4.79 Å². The minimum absolute atomic E-state index is 0.0289. The fourth-order valence-corrected chi connectivity index (χ4v) is 5.05. The zero-order valence-electron chi connectivity index (χ0n) is 20.4. The van der Waals surface area contributed by atoms with Gasteiger partial charge in [-0.25, -0.2) is 19.0 Å². The maximum Gasteiger partial charge on any atom is 0.350 e. The van der Waals surface area contributed by atoms with Crippen molar-refractivity contribution >= 4 is 34.3 Å². The van der Waals surface area contributed by atoms with Gasteiger partial charge in [0.1, 0.15) is 11.4 Å². The Labute approximate surface area is 215 Å². The summed E-state index contributed by atoms with van der Waals surface area (Å²) < 4.78 is 31.4. The summed E-state index contributed by atoms with van der Waals surface area (Å²) in [5, 5.41) is 6.12. The predicted molar refractivity (Wildman–Crippen MR) is 136 cm³/mol. The maximum absolute atomic E-state index is 14.4. The second-order valence-electron chi connectivity index (χ2n) is 9.54. The average Bonchev–Trinajstić information content (AvgIpc) is 3.25. The number of hydrogen-bond donors (Lipinski definition) is 0. The molecule has 38 heavy (non-hydrogen) atoms. The van der Waals surface area contributed by atoms with Gasteiger partial charge in [0.2, 0.25) is 0 Å². The van der Waals surface area contributed by atoms with Gasteiger partial charge in [0.15, 0.2) is 5.43 Å². The first-order valence-electron chi connectivity index (χ1n) is 11.9. The molecule has 9 heteroatoms. The molecule has 6 rings (SSSR count). The Kier molecular flexibility index (Phi) is 5.20. The lowest BCUT2D eigenvalue weighted by atomic mass is 9.74.